The SMILES string of the molecule is COc1ccc(-c2nc(COC(=O)CN(C)c3ncccn3)cs2)cc1OC. The van der Waals surface area contributed by atoms with Crippen molar-refractivity contribution in [1.29, 1.82) is 0 Å². The molecule has 8 nitrogen and oxygen atoms in total. The van der Waals surface area contributed by atoms with Crippen LogP contribution in [0.2, 0.25) is 0 Å². The predicted octanol–water partition coefficient (Wildman–Crippen LogP) is 2.80. The van der Waals surface area contributed by atoms with E-state index in [4.69, 9.17) is 14.2 Å². The van der Waals surface area contributed by atoms with Crippen LogP contribution in [0.4, 0.5) is 5.95 Å². The molecule has 3 rings (SSSR count). The van der Waals surface area contributed by atoms with Gasteiger partial charge in [0.05, 0.1) is 19.9 Å². The number of anilines is 1. The standard InChI is InChI=1S/C19H20N4O4S/c1-23(19-20-7-4-8-21-19)10-17(24)27-11-14-12-28-18(22-14)13-5-6-15(25-2)16(9-13)26-3/h4-9,12H,10-11H2,1-3H3. The molecule has 0 atom stereocenters. The topological polar surface area (TPSA) is 86.7 Å². The Morgan fingerprint density at radius 3 is 2.61 bits per heavy atom. The van der Waals surface area contributed by atoms with Crippen molar-refractivity contribution in [1.82, 2.24) is 15.0 Å². The number of aromatic nitrogens is 3. The second-order valence-corrected chi connectivity index (χ2v) is 6.64. The average molecular weight is 400 g/mol. The highest BCUT2D eigenvalue weighted by atomic mass is 32.1. The minimum absolute atomic E-state index is 0.0523. The minimum Gasteiger partial charge on any atom is -0.493 e. The molecule has 1 aromatic carbocycles. The smallest absolute Gasteiger partial charge is 0.326 e. The molecular formula is C19H20N4O4S. The second-order valence-electron chi connectivity index (χ2n) is 5.78. The number of benzene rings is 1. The molecule has 0 fully saturated rings. The van der Waals surface area contributed by atoms with Gasteiger partial charge in [0.15, 0.2) is 11.5 Å². The van der Waals surface area contributed by atoms with Crippen LogP contribution in [0.3, 0.4) is 0 Å². The van der Waals surface area contributed by atoms with Crippen LogP contribution in [-0.4, -0.2) is 48.7 Å². The van der Waals surface area contributed by atoms with E-state index in [2.05, 4.69) is 15.0 Å². The lowest BCUT2D eigenvalue weighted by Crippen LogP contribution is -2.28. The molecule has 3 aromatic rings. The summed E-state index contributed by atoms with van der Waals surface area (Å²) >= 11 is 1.47. The molecule has 2 heterocycles. The molecule has 9 heteroatoms. The van der Waals surface area contributed by atoms with Gasteiger partial charge in [0, 0.05) is 30.4 Å². The Bertz CT molecular complexity index is 933. The Labute approximate surface area is 166 Å². The molecule has 0 radical (unpaired) electrons. The third-order valence-corrected chi connectivity index (χ3v) is 4.76. The third-order valence-electron chi connectivity index (χ3n) is 3.82. The number of methoxy groups -OCH3 is 2. The normalized spacial score (nSPS) is 10.4. The number of likely N-dealkylation sites (N-methyl/N-ethyl adjacent to an activating group) is 1. The Hall–Kier alpha value is -3.20. The first-order valence-corrected chi connectivity index (χ1v) is 9.29. The molecule has 0 aliphatic rings. The van der Waals surface area contributed by atoms with Gasteiger partial charge in [-0.15, -0.1) is 11.3 Å². The summed E-state index contributed by atoms with van der Waals surface area (Å²) in [4.78, 5) is 26.4. The highest BCUT2D eigenvalue weighted by Crippen LogP contribution is 2.33. The van der Waals surface area contributed by atoms with Crippen molar-refractivity contribution in [3.05, 3.63) is 47.7 Å². The van der Waals surface area contributed by atoms with E-state index in [0.29, 0.717) is 23.1 Å². The van der Waals surface area contributed by atoms with Crippen LogP contribution in [0, 0.1) is 0 Å². The van der Waals surface area contributed by atoms with E-state index in [0.717, 1.165) is 10.6 Å². The quantitative estimate of drug-likeness (QED) is 0.534. The van der Waals surface area contributed by atoms with E-state index in [1.165, 1.54) is 11.3 Å². The van der Waals surface area contributed by atoms with E-state index in [-0.39, 0.29) is 19.1 Å². The fraction of sp³-hybridized carbons (Fsp3) is 0.263. The molecule has 0 saturated carbocycles. The Balaban J connectivity index is 1.58. The summed E-state index contributed by atoms with van der Waals surface area (Å²) in [7, 11) is 4.91. The number of carbonyl (C=O) groups is 1. The number of nitrogens with zero attached hydrogens (tertiary/aromatic N) is 4. The molecular weight excluding hydrogens is 380 g/mol. The van der Waals surface area contributed by atoms with E-state index in [1.54, 1.807) is 44.6 Å². The average Bonchev–Trinajstić information content (AvgIpc) is 3.21. The molecule has 0 unspecified atom stereocenters. The Kier molecular flexibility index (Phi) is 6.38. The highest BCUT2D eigenvalue weighted by molar-refractivity contribution is 7.13. The summed E-state index contributed by atoms with van der Waals surface area (Å²) in [5, 5.41) is 2.67. The van der Waals surface area contributed by atoms with Crippen molar-refractivity contribution >= 4 is 23.3 Å². The van der Waals surface area contributed by atoms with E-state index in [9.17, 15) is 4.79 Å². The molecule has 0 N–H and O–H groups in total. The lowest BCUT2D eigenvalue weighted by molar-refractivity contribution is -0.143. The largest absolute Gasteiger partial charge is 0.493 e. The van der Waals surface area contributed by atoms with Crippen molar-refractivity contribution < 1.29 is 19.0 Å². The first-order valence-electron chi connectivity index (χ1n) is 8.41. The van der Waals surface area contributed by atoms with Crippen molar-refractivity contribution in [3.8, 4) is 22.1 Å². The first-order chi connectivity index (χ1) is 13.6. The van der Waals surface area contributed by atoms with Crippen molar-refractivity contribution in [2.75, 3.05) is 32.7 Å². The van der Waals surface area contributed by atoms with Gasteiger partial charge in [0.25, 0.3) is 0 Å². The van der Waals surface area contributed by atoms with Gasteiger partial charge in [-0.25, -0.2) is 15.0 Å². The monoisotopic (exact) mass is 400 g/mol. The zero-order valence-corrected chi connectivity index (χ0v) is 16.6. The number of carbonyl (C=O) groups excluding carboxylic acids is 1. The number of thiazole rings is 1. The number of esters is 1. The lowest BCUT2D eigenvalue weighted by atomic mass is 10.2. The van der Waals surface area contributed by atoms with Gasteiger partial charge in [0.1, 0.15) is 18.2 Å². The number of hydrogen-bond acceptors (Lipinski definition) is 9. The van der Waals surface area contributed by atoms with Gasteiger partial charge < -0.3 is 19.1 Å². The molecule has 0 aliphatic heterocycles. The van der Waals surface area contributed by atoms with E-state index in [1.807, 2.05) is 23.6 Å². The predicted molar refractivity (Wildman–Crippen MR) is 106 cm³/mol. The van der Waals surface area contributed by atoms with Crippen molar-refractivity contribution in [3.63, 3.8) is 0 Å². The first kappa shape index (κ1) is 19.6. The van der Waals surface area contributed by atoms with Gasteiger partial charge in [0.2, 0.25) is 5.95 Å². The van der Waals surface area contributed by atoms with Crippen LogP contribution in [0.25, 0.3) is 10.6 Å². The van der Waals surface area contributed by atoms with Gasteiger partial charge in [-0.05, 0) is 24.3 Å². The lowest BCUT2D eigenvalue weighted by Gasteiger charge is -2.15. The molecule has 0 bridgehead atoms. The van der Waals surface area contributed by atoms with Gasteiger partial charge in [-0.3, -0.25) is 4.79 Å². The maximum atomic E-state index is 12.1. The molecule has 0 amide bonds. The zero-order valence-electron chi connectivity index (χ0n) is 15.8. The minimum atomic E-state index is -0.379. The summed E-state index contributed by atoms with van der Waals surface area (Å²) in [5.41, 5.74) is 1.59. The number of hydrogen-bond donors (Lipinski definition) is 0. The third kappa shape index (κ3) is 4.74. The molecule has 0 saturated heterocycles. The van der Waals surface area contributed by atoms with Crippen LogP contribution in [0.15, 0.2) is 42.0 Å². The second kappa shape index (κ2) is 9.14. The summed E-state index contributed by atoms with van der Waals surface area (Å²) < 4.78 is 15.9. The molecule has 0 aliphatic carbocycles. The van der Waals surface area contributed by atoms with Crippen LogP contribution in [0.1, 0.15) is 5.69 Å². The van der Waals surface area contributed by atoms with Crippen molar-refractivity contribution in [2.24, 2.45) is 0 Å². The summed E-state index contributed by atoms with van der Waals surface area (Å²) in [6, 6.07) is 7.32. The molecule has 0 spiro atoms. The number of ether oxygens (including phenoxy) is 3. The van der Waals surface area contributed by atoms with Gasteiger partial charge in [-0.2, -0.15) is 0 Å². The van der Waals surface area contributed by atoms with Crippen LogP contribution >= 0.6 is 11.3 Å². The maximum absolute atomic E-state index is 12.1. The van der Waals surface area contributed by atoms with Crippen molar-refractivity contribution in [2.45, 2.75) is 6.61 Å². The van der Waals surface area contributed by atoms with Gasteiger partial charge in [-0.1, -0.05) is 0 Å². The summed E-state index contributed by atoms with van der Waals surface area (Å²) in [6.07, 6.45) is 3.24. The molecule has 146 valence electrons. The zero-order chi connectivity index (χ0) is 19.9. The van der Waals surface area contributed by atoms with E-state index >= 15 is 0 Å². The highest BCUT2D eigenvalue weighted by Gasteiger charge is 2.13. The number of rotatable bonds is 8. The fourth-order valence-electron chi connectivity index (χ4n) is 2.43. The fourth-order valence-corrected chi connectivity index (χ4v) is 3.23. The maximum Gasteiger partial charge on any atom is 0.326 e. The van der Waals surface area contributed by atoms with Crippen LogP contribution in [0.5, 0.6) is 11.5 Å². The van der Waals surface area contributed by atoms with Crippen LogP contribution < -0.4 is 14.4 Å². The molecule has 28 heavy (non-hydrogen) atoms. The Morgan fingerprint density at radius 1 is 1.14 bits per heavy atom. The van der Waals surface area contributed by atoms with Crippen LogP contribution in [-0.2, 0) is 16.1 Å². The van der Waals surface area contributed by atoms with Gasteiger partial charge >= 0.3 is 5.97 Å². The summed E-state index contributed by atoms with van der Waals surface area (Å²) in [5.74, 6) is 1.37. The van der Waals surface area contributed by atoms with E-state index < -0.39 is 0 Å². The Morgan fingerprint density at radius 2 is 1.89 bits per heavy atom. The summed E-state index contributed by atoms with van der Waals surface area (Å²) in [6.45, 7) is 0.156. The molecule has 2 aromatic heterocycles.